The lowest BCUT2D eigenvalue weighted by Crippen LogP contribution is -2.41. The molecule has 1 aromatic rings. The molecule has 1 aromatic carbocycles. The van der Waals surface area contributed by atoms with E-state index < -0.39 is 11.9 Å². The van der Waals surface area contributed by atoms with Gasteiger partial charge >= 0.3 is 0 Å². The van der Waals surface area contributed by atoms with Gasteiger partial charge in [-0.15, -0.1) is 0 Å². The van der Waals surface area contributed by atoms with E-state index in [9.17, 15) is 9.59 Å². The third-order valence-electron chi connectivity index (χ3n) is 3.14. The molecule has 0 aliphatic carbocycles. The van der Waals surface area contributed by atoms with Crippen molar-refractivity contribution in [2.45, 2.75) is 25.4 Å². The lowest BCUT2D eigenvalue weighted by atomic mass is 10.1. The van der Waals surface area contributed by atoms with Gasteiger partial charge in [-0.25, -0.2) is 0 Å². The summed E-state index contributed by atoms with van der Waals surface area (Å²) in [5.74, 6) is 0.264. The number of nitrogens with two attached hydrogens (primary N) is 1. The summed E-state index contributed by atoms with van der Waals surface area (Å²) >= 11 is 0. The Bertz CT molecular complexity index is 473. The Morgan fingerprint density at radius 3 is 3.00 bits per heavy atom. The van der Waals surface area contributed by atoms with Gasteiger partial charge in [0, 0.05) is 13.0 Å². The quantitative estimate of drug-likeness (QED) is 0.851. The number of hydrogen-bond donors (Lipinski definition) is 1. The van der Waals surface area contributed by atoms with E-state index in [4.69, 9.17) is 10.5 Å². The maximum Gasteiger partial charge on any atom is 0.240 e. The summed E-state index contributed by atoms with van der Waals surface area (Å²) in [4.78, 5) is 24.5. The zero-order chi connectivity index (χ0) is 13.1. The van der Waals surface area contributed by atoms with E-state index in [-0.39, 0.29) is 5.91 Å². The fourth-order valence-corrected chi connectivity index (χ4v) is 2.20. The van der Waals surface area contributed by atoms with Gasteiger partial charge in [0.15, 0.2) is 0 Å². The highest BCUT2D eigenvalue weighted by molar-refractivity contribution is 5.89. The van der Waals surface area contributed by atoms with Crippen molar-refractivity contribution in [1.82, 2.24) is 4.90 Å². The summed E-state index contributed by atoms with van der Waals surface area (Å²) < 4.78 is 5.13. The van der Waals surface area contributed by atoms with E-state index in [0.717, 1.165) is 11.3 Å². The zero-order valence-electron chi connectivity index (χ0n) is 10.3. The highest BCUT2D eigenvalue weighted by Crippen LogP contribution is 2.22. The van der Waals surface area contributed by atoms with Gasteiger partial charge in [0.2, 0.25) is 11.8 Å². The van der Waals surface area contributed by atoms with E-state index in [1.807, 2.05) is 24.3 Å². The highest BCUT2D eigenvalue weighted by Gasteiger charge is 2.34. The van der Waals surface area contributed by atoms with Gasteiger partial charge in [0.05, 0.1) is 7.11 Å². The molecule has 5 heteroatoms. The summed E-state index contributed by atoms with van der Waals surface area (Å²) in [6.45, 7) is 0.392. The predicted molar refractivity (Wildman–Crippen MR) is 65.8 cm³/mol. The summed E-state index contributed by atoms with van der Waals surface area (Å²) in [6.07, 6.45) is 0.899. The van der Waals surface area contributed by atoms with Crippen LogP contribution >= 0.6 is 0 Å². The fourth-order valence-electron chi connectivity index (χ4n) is 2.20. The molecule has 1 fully saturated rings. The third-order valence-corrected chi connectivity index (χ3v) is 3.14. The topological polar surface area (TPSA) is 72.6 Å². The maximum absolute atomic E-state index is 11.7. The van der Waals surface area contributed by atoms with Gasteiger partial charge in [0.1, 0.15) is 11.8 Å². The lowest BCUT2D eigenvalue weighted by molar-refractivity contribution is -0.134. The van der Waals surface area contributed by atoms with Crippen LogP contribution in [0.25, 0.3) is 0 Å². The second-order valence-electron chi connectivity index (χ2n) is 4.33. The first-order valence-corrected chi connectivity index (χ1v) is 5.83. The molecule has 2 amide bonds. The molecule has 0 saturated carbocycles. The Morgan fingerprint density at radius 1 is 1.56 bits per heavy atom. The monoisotopic (exact) mass is 248 g/mol. The number of rotatable bonds is 4. The van der Waals surface area contributed by atoms with Crippen molar-refractivity contribution >= 4 is 11.8 Å². The van der Waals surface area contributed by atoms with Crippen LogP contribution in [0, 0.1) is 0 Å². The van der Waals surface area contributed by atoms with Gasteiger partial charge in [-0.1, -0.05) is 12.1 Å². The first-order valence-electron chi connectivity index (χ1n) is 5.83. The minimum absolute atomic E-state index is 0.0263. The number of methoxy groups -OCH3 is 1. The molecule has 5 nitrogen and oxygen atoms in total. The molecular formula is C13H16N2O3. The smallest absolute Gasteiger partial charge is 0.240 e. The second kappa shape index (κ2) is 5.08. The van der Waals surface area contributed by atoms with Crippen LogP contribution in [0.1, 0.15) is 18.4 Å². The van der Waals surface area contributed by atoms with Crippen molar-refractivity contribution in [2.24, 2.45) is 5.73 Å². The molecule has 0 bridgehead atoms. The normalized spacial score (nSPS) is 19.1. The predicted octanol–water partition coefficient (Wildman–Crippen LogP) is 0.671. The molecule has 1 aliphatic heterocycles. The van der Waals surface area contributed by atoms with Gasteiger partial charge in [-0.3, -0.25) is 9.59 Å². The van der Waals surface area contributed by atoms with Crippen molar-refractivity contribution in [3.63, 3.8) is 0 Å². The highest BCUT2D eigenvalue weighted by atomic mass is 16.5. The Labute approximate surface area is 106 Å². The molecule has 2 N–H and O–H groups in total. The minimum atomic E-state index is -0.483. The average molecular weight is 248 g/mol. The first-order chi connectivity index (χ1) is 8.61. The first kappa shape index (κ1) is 12.4. The number of primary amides is 1. The lowest BCUT2D eigenvalue weighted by Gasteiger charge is -2.22. The van der Waals surface area contributed by atoms with E-state index in [0.29, 0.717) is 19.4 Å². The number of benzene rings is 1. The molecule has 1 aliphatic rings. The van der Waals surface area contributed by atoms with E-state index in [1.165, 1.54) is 4.90 Å². The SMILES string of the molecule is COc1cccc(CN2C(=O)CCC2C(N)=O)c1. The molecule has 2 rings (SSSR count). The molecule has 18 heavy (non-hydrogen) atoms. The van der Waals surface area contributed by atoms with Crippen LogP contribution in [0.15, 0.2) is 24.3 Å². The fraction of sp³-hybridized carbons (Fsp3) is 0.385. The largest absolute Gasteiger partial charge is 0.497 e. The number of ether oxygens (including phenoxy) is 1. The van der Waals surface area contributed by atoms with Crippen LogP contribution in [0.3, 0.4) is 0 Å². The Hall–Kier alpha value is -2.04. The zero-order valence-corrected chi connectivity index (χ0v) is 10.3. The molecule has 0 radical (unpaired) electrons. The van der Waals surface area contributed by atoms with Crippen LogP contribution in [-0.4, -0.2) is 29.9 Å². The Balaban J connectivity index is 2.16. The van der Waals surface area contributed by atoms with Crippen LogP contribution < -0.4 is 10.5 Å². The van der Waals surface area contributed by atoms with Crippen molar-refractivity contribution in [3.05, 3.63) is 29.8 Å². The summed E-state index contributed by atoms with van der Waals surface area (Å²) in [6, 6.07) is 6.95. The standard InChI is InChI=1S/C13H16N2O3/c1-18-10-4-2-3-9(7-10)8-15-11(13(14)17)5-6-12(15)16/h2-4,7,11H,5-6,8H2,1H3,(H2,14,17). The summed E-state index contributed by atoms with van der Waals surface area (Å²) in [5, 5.41) is 0. The molecule has 1 unspecified atom stereocenters. The molecule has 1 heterocycles. The van der Waals surface area contributed by atoms with E-state index >= 15 is 0 Å². The van der Waals surface area contributed by atoms with Crippen molar-refractivity contribution in [2.75, 3.05) is 7.11 Å². The number of carbonyl (C=O) groups excluding carboxylic acids is 2. The number of hydrogen-bond acceptors (Lipinski definition) is 3. The number of likely N-dealkylation sites (tertiary alicyclic amines) is 1. The van der Waals surface area contributed by atoms with Crippen molar-refractivity contribution in [1.29, 1.82) is 0 Å². The molecule has 96 valence electrons. The van der Waals surface area contributed by atoms with Crippen LogP contribution in [0.4, 0.5) is 0 Å². The molecule has 0 spiro atoms. The third kappa shape index (κ3) is 2.45. The minimum Gasteiger partial charge on any atom is -0.497 e. The van der Waals surface area contributed by atoms with Crippen molar-refractivity contribution in [3.8, 4) is 5.75 Å². The number of amides is 2. The Kier molecular flexibility index (Phi) is 3.50. The van der Waals surface area contributed by atoms with Gasteiger partial charge in [0.25, 0.3) is 0 Å². The van der Waals surface area contributed by atoms with Crippen LogP contribution in [0.5, 0.6) is 5.75 Å². The van der Waals surface area contributed by atoms with Gasteiger partial charge in [-0.05, 0) is 24.1 Å². The number of carbonyl (C=O) groups is 2. The molecule has 1 saturated heterocycles. The van der Waals surface area contributed by atoms with E-state index in [2.05, 4.69) is 0 Å². The average Bonchev–Trinajstić information content (AvgIpc) is 2.71. The van der Waals surface area contributed by atoms with Crippen LogP contribution in [-0.2, 0) is 16.1 Å². The summed E-state index contributed by atoms with van der Waals surface area (Å²) in [5.41, 5.74) is 6.23. The van der Waals surface area contributed by atoms with Crippen molar-refractivity contribution < 1.29 is 14.3 Å². The molecule has 1 atom stereocenters. The maximum atomic E-state index is 11.7. The Morgan fingerprint density at radius 2 is 2.33 bits per heavy atom. The molecule has 0 aromatic heterocycles. The summed E-state index contributed by atoms with van der Waals surface area (Å²) in [7, 11) is 1.59. The second-order valence-corrected chi connectivity index (χ2v) is 4.33. The number of nitrogens with zero attached hydrogens (tertiary/aromatic N) is 1. The van der Waals surface area contributed by atoms with Crippen LogP contribution in [0.2, 0.25) is 0 Å². The molecular weight excluding hydrogens is 232 g/mol. The van der Waals surface area contributed by atoms with Gasteiger partial charge < -0.3 is 15.4 Å². The van der Waals surface area contributed by atoms with Gasteiger partial charge in [-0.2, -0.15) is 0 Å². The van der Waals surface area contributed by atoms with E-state index in [1.54, 1.807) is 7.11 Å².